The van der Waals surface area contributed by atoms with Gasteiger partial charge < -0.3 is 20.8 Å². The van der Waals surface area contributed by atoms with Crippen LogP contribution in [0.2, 0.25) is 0 Å². The van der Waals surface area contributed by atoms with Crippen molar-refractivity contribution in [2.75, 3.05) is 5.32 Å². The van der Waals surface area contributed by atoms with E-state index in [0.717, 1.165) is 0 Å². The molecule has 4 N–H and O–H groups in total. The third kappa shape index (κ3) is 6.10. The average Bonchev–Trinajstić information content (AvgIpc) is 3.22. The van der Waals surface area contributed by atoms with E-state index in [9.17, 15) is 34.2 Å². The molecule has 0 radical (unpaired) electrons. The number of benzene rings is 3. The van der Waals surface area contributed by atoms with Gasteiger partial charge in [-0.25, -0.2) is 4.79 Å². The number of aliphatic carboxylic acids is 2. The highest BCUT2D eigenvalue weighted by Crippen LogP contribution is 2.56. The van der Waals surface area contributed by atoms with Crippen LogP contribution in [0.1, 0.15) is 65.5 Å². The first kappa shape index (κ1) is 30.2. The van der Waals surface area contributed by atoms with Crippen molar-refractivity contribution in [3.8, 4) is 0 Å². The molecule has 9 nitrogen and oxygen atoms in total. The summed E-state index contributed by atoms with van der Waals surface area (Å²) in [5.74, 6) is -3.90. The second-order valence-corrected chi connectivity index (χ2v) is 11.5. The zero-order valence-corrected chi connectivity index (χ0v) is 23.7. The lowest BCUT2D eigenvalue weighted by Crippen LogP contribution is -2.49. The molecular weight excluding hydrogens is 536 g/mol. The Morgan fingerprint density at radius 3 is 2.05 bits per heavy atom. The van der Waals surface area contributed by atoms with Crippen LogP contribution in [0.25, 0.3) is 0 Å². The van der Waals surface area contributed by atoms with Gasteiger partial charge in [0.1, 0.15) is 6.04 Å². The fourth-order valence-electron chi connectivity index (χ4n) is 5.54. The van der Waals surface area contributed by atoms with Gasteiger partial charge in [0.05, 0.1) is 5.41 Å². The third-order valence-electron chi connectivity index (χ3n) is 8.70. The number of rotatable bonds is 10. The predicted molar refractivity (Wildman–Crippen MR) is 156 cm³/mol. The monoisotopic (exact) mass is 570 g/mol. The number of hydrogen-bond acceptors (Lipinski definition) is 5. The van der Waals surface area contributed by atoms with Gasteiger partial charge in [0.2, 0.25) is 5.91 Å². The maximum Gasteiger partial charge on any atom is 0.326 e. The van der Waals surface area contributed by atoms with E-state index in [1.165, 1.54) is 6.07 Å². The molecule has 4 rings (SSSR count). The molecule has 0 aliphatic heterocycles. The molecule has 0 spiro atoms. The van der Waals surface area contributed by atoms with E-state index in [4.69, 9.17) is 0 Å². The molecule has 9 heteroatoms. The standard InChI is InChI=1S/C33H34N2O7/c1-32(2)25(16-17-33(32,3)31(41)42)29(38)35-26(30(39)40)18-20-12-14-24(15-13-20)34-28(37)23-11-7-10-22(19-23)27(36)21-8-5-4-6-9-21/h4-15,19,25-26H,16-18H2,1-3H3,(H,34,37)(H,35,38)(H,39,40)(H,41,42)/t25-,26+,33+/m1/s1. The zero-order chi connectivity index (χ0) is 30.7. The molecule has 1 aliphatic rings. The number of carboxylic acid groups (broad SMARTS) is 2. The van der Waals surface area contributed by atoms with E-state index < -0.39 is 46.5 Å². The SMILES string of the molecule is CC1(C)[C@@H](C(=O)N[C@@H](Cc2ccc(NC(=O)c3cccc(C(=O)c4ccccc4)c3)cc2)C(=O)O)CC[C@@]1(C)C(=O)O. The molecule has 42 heavy (non-hydrogen) atoms. The van der Waals surface area contributed by atoms with Crippen molar-refractivity contribution in [3.63, 3.8) is 0 Å². The fourth-order valence-corrected chi connectivity index (χ4v) is 5.54. The normalized spacial score (nSPS) is 19.8. The van der Waals surface area contributed by atoms with E-state index in [2.05, 4.69) is 10.6 Å². The van der Waals surface area contributed by atoms with Crippen molar-refractivity contribution in [1.82, 2.24) is 5.32 Å². The minimum atomic E-state index is -1.21. The Bertz CT molecular complexity index is 1510. The summed E-state index contributed by atoms with van der Waals surface area (Å²) >= 11 is 0. The summed E-state index contributed by atoms with van der Waals surface area (Å²) in [7, 11) is 0. The Hall–Kier alpha value is -4.79. The molecule has 1 aliphatic carbocycles. The van der Waals surface area contributed by atoms with Crippen LogP contribution >= 0.6 is 0 Å². The van der Waals surface area contributed by atoms with Crippen molar-refractivity contribution in [1.29, 1.82) is 0 Å². The highest BCUT2D eigenvalue weighted by Gasteiger charge is 2.58. The maximum absolute atomic E-state index is 13.1. The van der Waals surface area contributed by atoms with Crippen LogP contribution in [0, 0.1) is 16.7 Å². The second kappa shape index (κ2) is 12.0. The van der Waals surface area contributed by atoms with Crippen LogP contribution in [0.5, 0.6) is 0 Å². The number of carbonyl (C=O) groups excluding carboxylic acids is 3. The van der Waals surface area contributed by atoms with Gasteiger partial charge in [-0.05, 0) is 55.0 Å². The Kier molecular flexibility index (Phi) is 8.61. The molecule has 218 valence electrons. The lowest BCUT2D eigenvalue weighted by atomic mass is 9.65. The van der Waals surface area contributed by atoms with E-state index >= 15 is 0 Å². The third-order valence-corrected chi connectivity index (χ3v) is 8.70. The lowest BCUT2D eigenvalue weighted by molar-refractivity contribution is -0.155. The van der Waals surface area contributed by atoms with Crippen LogP contribution in [-0.4, -0.2) is 45.8 Å². The molecule has 3 aromatic carbocycles. The van der Waals surface area contributed by atoms with Gasteiger partial charge in [0.15, 0.2) is 5.78 Å². The predicted octanol–water partition coefficient (Wildman–Crippen LogP) is 4.81. The average molecular weight is 571 g/mol. The highest BCUT2D eigenvalue weighted by molar-refractivity contribution is 6.11. The molecule has 0 unspecified atom stereocenters. The molecule has 0 saturated heterocycles. The largest absolute Gasteiger partial charge is 0.481 e. The quantitative estimate of drug-likeness (QED) is 0.256. The number of nitrogens with one attached hydrogen (secondary N) is 2. The van der Waals surface area contributed by atoms with Crippen molar-refractivity contribution >= 4 is 35.2 Å². The topological polar surface area (TPSA) is 150 Å². The molecule has 0 aromatic heterocycles. The Labute approximate surface area is 244 Å². The Morgan fingerprint density at radius 2 is 1.45 bits per heavy atom. The summed E-state index contributed by atoms with van der Waals surface area (Å²) in [4.78, 5) is 62.6. The number of amides is 2. The van der Waals surface area contributed by atoms with E-state index in [1.807, 2.05) is 6.07 Å². The van der Waals surface area contributed by atoms with Crippen LogP contribution in [0.3, 0.4) is 0 Å². The molecule has 3 atom stereocenters. The van der Waals surface area contributed by atoms with Gasteiger partial charge in [-0.1, -0.05) is 68.4 Å². The first-order chi connectivity index (χ1) is 19.8. The second-order valence-electron chi connectivity index (χ2n) is 11.5. The van der Waals surface area contributed by atoms with Crippen LogP contribution in [-0.2, 0) is 20.8 Å². The number of hydrogen-bond donors (Lipinski definition) is 4. The number of anilines is 1. The van der Waals surface area contributed by atoms with Crippen molar-refractivity contribution in [2.45, 2.75) is 46.1 Å². The molecule has 1 fully saturated rings. The fraction of sp³-hybridized carbons (Fsp3) is 0.303. The minimum Gasteiger partial charge on any atom is -0.481 e. The van der Waals surface area contributed by atoms with Crippen molar-refractivity contribution in [3.05, 3.63) is 101 Å². The van der Waals surface area contributed by atoms with Crippen LogP contribution < -0.4 is 10.6 Å². The molecule has 1 saturated carbocycles. The van der Waals surface area contributed by atoms with Gasteiger partial charge in [0, 0.05) is 34.7 Å². The van der Waals surface area contributed by atoms with Crippen LogP contribution in [0.4, 0.5) is 5.69 Å². The molecule has 2 amide bonds. The summed E-state index contributed by atoms with van der Waals surface area (Å²) in [6.45, 7) is 5.09. The highest BCUT2D eigenvalue weighted by atomic mass is 16.4. The first-order valence-corrected chi connectivity index (χ1v) is 13.7. The number of carboxylic acids is 2. The number of carbonyl (C=O) groups is 5. The van der Waals surface area contributed by atoms with Crippen LogP contribution in [0.15, 0.2) is 78.9 Å². The minimum absolute atomic E-state index is 0.00227. The van der Waals surface area contributed by atoms with Gasteiger partial charge in [0.25, 0.3) is 5.91 Å². The Morgan fingerprint density at radius 1 is 0.833 bits per heavy atom. The van der Waals surface area contributed by atoms with Crippen molar-refractivity contribution < 1.29 is 34.2 Å². The Balaban J connectivity index is 1.39. The smallest absolute Gasteiger partial charge is 0.326 e. The summed E-state index contributed by atoms with van der Waals surface area (Å²) < 4.78 is 0. The molecule has 0 heterocycles. The first-order valence-electron chi connectivity index (χ1n) is 13.7. The van der Waals surface area contributed by atoms with Gasteiger partial charge >= 0.3 is 11.9 Å². The van der Waals surface area contributed by atoms with Crippen molar-refractivity contribution in [2.24, 2.45) is 16.7 Å². The molecule has 0 bridgehead atoms. The van der Waals surface area contributed by atoms with E-state index in [1.54, 1.807) is 87.5 Å². The summed E-state index contributed by atoms with van der Waals surface area (Å²) in [6, 6.07) is 20.6. The molecule has 3 aromatic rings. The lowest BCUT2D eigenvalue weighted by Gasteiger charge is -2.38. The van der Waals surface area contributed by atoms with E-state index in [0.29, 0.717) is 40.8 Å². The van der Waals surface area contributed by atoms with Gasteiger partial charge in [-0.3, -0.25) is 19.2 Å². The van der Waals surface area contributed by atoms with Gasteiger partial charge in [-0.2, -0.15) is 0 Å². The zero-order valence-electron chi connectivity index (χ0n) is 23.7. The van der Waals surface area contributed by atoms with Gasteiger partial charge in [-0.15, -0.1) is 0 Å². The summed E-state index contributed by atoms with van der Waals surface area (Å²) in [5, 5.41) is 24.9. The summed E-state index contributed by atoms with van der Waals surface area (Å²) in [6.07, 6.45) is 0.681. The maximum atomic E-state index is 13.1. The summed E-state index contributed by atoms with van der Waals surface area (Å²) in [5.41, 5.74) is 0.361. The van der Waals surface area contributed by atoms with E-state index in [-0.39, 0.29) is 12.2 Å². The number of ketones is 1. The molecular formula is C33H34N2O7.